The second-order valence-electron chi connectivity index (χ2n) is 7.42. The highest BCUT2D eigenvalue weighted by molar-refractivity contribution is 7.92. The molecule has 0 saturated carbocycles. The molecule has 1 amide bonds. The first kappa shape index (κ1) is 22.2. The average Bonchev–Trinajstić information content (AvgIpc) is 2.82. The molecule has 1 heterocycles. The molecule has 1 aromatic heterocycles. The predicted molar refractivity (Wildman–Crippen MR) is 126 cm³/mol. The zero-order valence-electron chi connectivity index (χ0n) is 17.7. The molecular formula is C25H20N2O5S. The van der Waals surface area contributed by atoms with Gasteiger partial charge in [-0.1, -0.05) is 54.1 Å². The van der Waals surface area contributed by atoms with Crippen LogP contribution in [0.25, 0.3) is 11.0 Å². The molecule has 0 aliphatic carbocycles. The van der Waals surface area contributed by atoms with Crippen molar-refractivity contribution in [2.45, 2.75) is 11.8 Å². The fourth-order valence-electron chi connectivity index (χ4n) is 3.21. The van der Waals surface area contributed by atoms with Crippen molar-refractivity contribution in [3.8, 4) is 0 Å². The summed E-state index contributed by atoms with van der Waals surface area (Å²) in [7, 11) is -3.87. The van der Waals surface area contributed by atoms with Crippen LogP contribution in [-0.2, 0) is 9.84 Å². The largest absolute Gasteiger partial charge is 0.422 e. The second kappa shape index (κ2) is 9.22. The lowest BCUT2D eigenvalue weighted by atomic mass is 10.1. The molecule has 4 rings (SSSR count). The SMILES string of the molecule is Cc1ccc(S(=O)(=O)C/C(=N\NC(=O)c2ccccc2)c2cc3ccccc3oc2=O)cc1. The Kier molecular flexibility index (Phi) is 6.19. The summed E-state index contributed by atoms with van der Waals surface area (Å²) in [5, 5.41) is 4.64. The second-order valence-corrected chi connectivity index (χ2v) is 9.41. The molecule has 0 radical (unpaired) electrons. The molecule has 3 aromatic carbocycles. The summed E-state index contributed by atoms with van der Waals surface area (Å²) < 4.78 is 31.5. The number of amides is 1. The fraction of sp³-hybridized carbons (Fsp3) is 0.0800. The number of nitrogens with zero attached hydrogens (tertiary/aromatic N) is 1. The maximum Gasteiger partial charge on any atom is 0.345 e. The number of hydrazone groups is 1. The van der Waals surface area contributed by atoms with Crippen LogP contribution >= 0.6 is 0 Å². The van der Waals surface area contributed by atoms with Crippen molar-refractivity contribution >= 4 is 32.4 Å². The van der Waals surface area contributed by atoms with Crippen molar-refractivity contribution in [1.29, 1.82) is 0 Å². The minimum atomic E-state index is -3.87. The molecule has 0 aliphatic heterocycles. The van der Waals surface area contributed by atoms with E-state index in [0.717, 1.165) is 5.56 Å². The van der Waals surface area contributed by atoms with Gasteiger partial charge < -0.3 is 4.42 Å². The van der Waals surface area contributed by atoms with E-state index in [1.807, 2.05) is 6.92 Å². The van der Waals surface area contributed by atoms with E-state index in [9.17, 15) is 18.0 Å². The lowest BCUT2D eigenvalue weighted by Gasteiger charge is -2.09. The highest BCUT2D eigenvalue weighted by Gasteiger charge is 2.22. The first-order chi connectivity index (χ1) is 15.8. The van der Waals surface area contributed by atoms with Gasteiger partial charge in [0.05, 0.1) is 21.9 Å². The summed E-state index contributed by atoms with van der Waals surface area (Å²) >= 11 is 0. The number of hydrogen-bond donors (Lipinski definition) is 1. The van der Waals surface area contributed by atoms with Gasteiger partial charge in [0, 0.05) is 10.9 Å². The lowest BCUT2D eigenvalue weighted by molar-refractivity contribution is 0.0955. The smallest absolute Gasteiger partial charge is 0.345 e. The quantitative estimate of drug-likeness (QED) is 0.268. The van der Waals surface area contributed by atoms with Gasteiger partial charge in [0.25, 0.3) is 5.91 Å². The van der Waals surface area contributed by atoms with E-state index in [1.54, 1.807) is 66.7 Å². The molecule has 1 N–H and O–H groups in total. The predicted octanol–water partition coefficient (Wildman–Crippen LogP) is 3.71. The number of carbonyl (C=O) groups excluding carboxylic acids is 1. The van der Waals surface area contributed by atoms with Crippen LogP contribution in [0.3, 0.4) is 0 Å². The lowest BCUT2D eigenvalue weighted by Crippen LogP contribution is -2.27. The van der Waals surface area contributed by atoms with Gasteiger partial charge in [0.2, 0.25) is 0 Å². The highest BCUT2D eigenvalue weighted by Crippen LogP contribution is 2.17. The normalized spacial score (nSPS) is 12.0. The Morgan fingerprint density at radius 1 is 0.939 bits per heavy atom. The molecule has 0 spiro atoms. The average molecular weight is 461 g/mol. The molecule has 4 aromatic rings. The van der Waals surface area contributed by atoms with E-state index < -0.39 is 27.1 Å². The standard InChI is InChI=1S/C25H20N2O5S/c1-17-11-13-20(14-12-17)33(30,31)16-22(26-27-24(28)18-7-3-2-4-8-18)21-15-19-9-5-6-10-23(19)32-25(21)29/h2-15H,16H2,1H3,(H,27,28)/b26-22+. The Balaban J connectivity index is 1.77. The number of benzene rings is 3. The highest BCUT2D eigenvalue weighted by atomic mass is 32.2. The van der Waals surface area contributed by atoms with Crippen LogP contribution in [0.5, 0.6) is 0 Å². The summed E-state index contributed by atoms with van der Waals surface area (Å²) in [6, 6.07) is 23.1. The number of rotatable bonds is 6. The minimum absolute atomic E-state index is 0.0438. The number of nitrogens with one attached hydrogen (secondary N) is 1. The molecular weight excluding hydrogens is 440 g/mol. The van der Waals surface area contributed by atoms with Gasteiger partial charge in [-0.05, 0) is 43.3 Å². The molecule has 33 heavy (non-hydrogen) atoms. The van der Waals surface area contributed by atoms with Crippen LogP contribution in [0, 0.1) is 6.92 Å². The van der Waals surface area contributed by atoms with Crippen LogP contribution in [0.15, 0.2) is 104 Å². The Labute approximate surface area is 190 Å². The third kappa shape index (κ3) is 5.07. The number of hydrogen-bond acceptors (Lipinski definition) is 6. The molecule has 0 fully saturated rings. The zero-order valence-corrected chi connectivity index (χ0v) is 18.5. The number of sulfone groups is 1. The monoisotopic (exact) mass is 460 g/mol. The van der Waals surface area contributed by atoms with E-state index in [0.29, 0.717) is 16.5 Å². The number of aryl methyl sites for hydroxylation is 1. The maximum absolute atomic E-state index is 13.1. The van der Waals surface area contributed by atoms with E-state index in [-0.39, 0.29) is 16.2 Å². The van der Waals surface area contributed by atoms with E-state index >= 15 is 0 Å². The zero-order chi connectivity index (χ0) is 23.4. The Morgan fingerprint density at radius 3 is 2.33 bits per heavy atom. The Morgan fingerprint density at radius 2 is 1.61 bits per heavy atom. The molecule has 0 aliphatic rings. The van der Waals surface area contributed by atoms with E-state index in [4.69, 9.17) is 4.42 Å². The Hall–Kier alpha value is -4.04. The van der Waals surface area contributed by atoms with E-state index in [2.05, 4.69) is 10.5 Å². The molecule has 7 nitrogen and oxygen atoms in total. The molecule has 166 valence electrons. The first-order valence-corrected chi connectivity index (χ1v) is 11.7. The van der Waals surface area contributed by atoms with Crippen LogP contribution < -0.4 is 11.1 Å². The van der Waals surface area contributed by atoms with Crippen molar-refractivity contribution in [3.05, 3.63) is 112 Å². The number of para-hydroxylation sites is 1. The van der Waals surface area contributed by atoms with Crippen molar-refractivity contribution in [1.82, 2.24) is 5.43 Å². The van der Waals surface area contributed by atoms with Crippen molar-refractivity contribution < 1.29 is 17.6 Å². The third-order valence-corrected chi connectivity index (χ3v) is 6.63. The molecule has 0 saturated heterocycles. The first-order valence-electron chi connectivity index (χ1n) is 10.1. The van der Waals surface area contributed by atoms with Crippen molar-refractivity contribution in [3.63, 3.8) is 0 Å². The molecule has 8 heteroatoms. The van der Waals surface area contributed by atoms with Gasteiger partial charge in [-0.15, -0.1) is 0 Å². The van der Waals surface area contributed by atoms with Gasteiger partial charge in [-0.25, -0.2) is 18.6 Å². The molecule has 0 atom stereocenters. The van der Waals surface area contributed by atoms with Crippen LogP contribution in [-0.4, -0.2) is 25.8 Å². The number of fused-ring (bicyclic) bond motifs is 1. The van der Waals surface area contributed by atoms with Gasteiger partial charge in [0.15, 0.2) is 9.84 Å². The summed E-state index contributed by atoms with van der Waals surface area (Å²) in [6.07, 6.45) is 0. The van der Waals surface area contributed by atoms with Crippen LogP contribution in [0.4, 0.5) is 0 Å². The maximum atomic E-state index is 13.1. The van der Waals surface area contributed by atoms with Crippen molar-refractivity contribution in [2.75, 3.05) is 5.75 Å². The van der Waals surface area contributed by atoms with Crippen LogP contribution in [0.1, 0.15) is 21.5 Å². The summed E-state index contributed by atoms with van der Waals surface area (Å²) in [5.41, 5.74) is 3.05. The van der Waals surface area contributed by atoms with Gasteiger partial charge in [-0.2, -0.15) is 5.10 Å². The molecule has 0 unspecified atom stereocenters. The van der Waals surface area contributed by atoms with Crippen LogP contribution in [0.2, 0.25) is 0 Å². The van der Waals surface area contributed by atoms with Gasteiger partial charge in [0.1, 0.15) is 5.58 Å². The van der Waals surface area contributed by atoms with Gasteiger partial charge >= 0.3 is 5.63 Å². The minimum Gasteiger partial charge on any atom is -0.422 e. The summed E-state index contributed by atoms with van der Waals surface area (Å²) in [5.74, 6) is -1.14. The Bertz CT molecular complexity index is 1510. The summed E-state index contributed by atoms with van der Waals surface area (Å²) in [6.45, 7) is 1.85. The topological polar surface area (TPSA) is 106 Å². The summed E-state index contributed by atoms with van der Waals surface area (Å²) in [4.78, 5) is 25.3. The third-order valence-electron chi connectivity index (χ3n) is 4.99. The molecule has 0 bridgehead atoms. The fourth-order valence-corrected chi connectivity index (χ4v) is 4.51. The van der Waals surface area contributed by atoms with E-state index in [1.165, 1.54) is 18.2 Å². The van der Waals surface area contributed by atoms with Crippen molar-refractivity contribution in [2.24, 2.45) is 5.10 Å². The number of carbonyl (C=O) groups is 1. The van der Waals surface area contributed by atoms with Gasteiger partial charge in [-0.3, -0.25) is 4.79 Å².